The molecule has 1 atom stereocenters. The molecule has 0 fully saturated rings. The van der Waals surface area contributed by atoms with Gasteiger partial charge in [0.2, 0.25) is 11.8 Å². The van der Waals surface area contributed by atoms with E-state index in [2.05, 4.69) is 23.3 Å². The highest BCUT2D eigenvalue weighted by Crippen LogP contribution is 2.24. The SMILES string of the molecule is CC(C)(C(=O)O)[C@H](O)CCCC(=O)NCCC(=O)NCCS. The number of carbonyl (C=O) groups is 3. The lowest BCUT2D eigenvalue weighted by atomic mass is 9.84. The van der Waals surface area contributed by atoms with E-state index in [0.29, 0.717) is 18.7 Å². The topological polar surface area (TPSA) is 116 Å². The Morgan fingerprint density at radius 3 is 2.18 bits per heavy atom. The summed E-state index contributed by atoms with van der Waals surface area (Å²) in [7, 11) is 0. The second-order valence-corrected chi connectivity index (χ2v) is 6.06. The van der Waals surface area contributed by atoms with E-state index in [1.54, 1.807) is 0 Å². The Kier molecular flexibility index (Phi) is 9.84. The van der Waals surface area contributed by atoms with Gasteiger partial charge in [0.1, 0.15) is 0 Å². The minimum Gasteiger partial charge on any atom is -0.481 e. The molecule has 0 aliphatic carbocycles. The molecule has 0 aliphatic rings. The van der Waals surface area contributed by atoms with E-state index in [-0.39, 0.29) is 37.6 Å². The molecular formula is C14H26N2O5S. The predicted molar refractivity (Wildman–Crippen MR) is 85.8 cm³/mol. The third kappa shape index (κ3) is 8.23. The number of amides is 2. The smallest absolute Gasteiger partial charge is 0.311 e. The highest BCUT2D eigenvalue weighted by atomic mass is 32.1. The molecule has 4 N–H and O–H groups in total. The van der Waals surface area contributed by atoms with Crippen LogP contribution in [0.3, 0.4) is 0 Å². The second kappa shape index (κ2) is 10.4. The molecule has 128 valence electrons. The average Bonchev–Trinajstić information content (AvgIpc) is 2.44. The van der Waals surface area contributed by atoms with Crippen molar-refractivity contribution in [2.45, 2.75) is 45.6 Å². The molecule has 7 nitrogen and oxygen atoms in total. The number of hydrogen-bond donors (Lipinski definition) is 5. The summed E-state index contributed by atoms with van der Waals surface area (Å²) >= 11 is 3.96. The van der Waals surface area contributed by atoms with Crippen LogP contribution in [0.2, 0.25) is 0 Å². The van der Waals surface area contributed by atoms with E-state index >= 15 is 0 Å². The third-order valence-corrected chi connectivity index (χ3v) is 3.60. The summed E-state index contributed by atoms with van der Waals surface area (Å²) in [5.41, 5.74) is -1.23. The molecule has 0 aliphatic heterocycles. The van der Waals surface area contributed by atoms with Gasteiger partial charge in [0.25, 0.3) is 0 Å². The van der Waals surface area contributed by atoms with Crippen LogP contribution < -0.4 is 10.6 Å². The zero-order valence-electron chi connectivity index (χ0n) is 13.1. The number of aliphatic hydroxyl groups is 1. The lowest BCUT2D eigenvalue weighted by molar-refractivity contribution is -0.153. The fraction of sp³-hybridized carbons (Fsp3) is 0.786. The number of carboxylic acid groups (broad SMARTS) is 1. The second-order valence-electron chi connectivity index (χ2n) is 5.61. The summed E-state index contributed by atoms with van der Waals surface area (Å²) in [6.45, 7) is 3.64. The monoisotopic (exact) mass is 334 g/mol. The van der Waals surface area contributed by atoms with Crippen molar-refractivity contribution in [1.29, 1.82) is 0 Å². The van der Waals surface area contributed by atoms with Gasteiger partial charge >= 0.3 is 5.97 Å². The fourth-order valence-electron chi connectivity index (χ4n) is 1.65. The molecule has 0 radical (unpaired) electrons. The largest absolute Gasteiger partial charge is 0.481 e. The van der Waals surface area contributed by atoms with Crippen LogP contribution in [0, 0.1) is 5.41 Å². The molecule has 0 saturated heterocycles. The van der Waals surface area contributed by atoms with Gasteiger partial charge in [-0.2, -0.15) is 12.6 Å². The number of hydrogen-bond acceptors (Lipinski definition) is 5. The van der Waals surface area contributed by atoms with Crippen LogP contribution in [-0.2, 0) is 14.4 Å². The first kappa shape index (κ1) is 20.7. The molecule has 0 bridgehead atoms. The van der Waals surface area contributed by atoms with E-state index in [1.165, 1.54) is 13.8 Å². The summed E-state index contributed by atoms with van der Waals surface area (Å²) < 4.78 is 0. The van der Waals surface area contributed by atoms with Crippen LogP contribution in [-0.4, -0.2) is 52.9 Å². The normalized spacial score (nSPS) is 12.5. The van der Waals surface area contributed by atoms with E-state index in [0.717, 1.165) is 0 Å². The maximum absolute atomic E-state index is 11.6. The van der Waals surface area contributed by atoms with Crippen molar-refractivity contribution in [3.8, 4) is 0 Å². The molecule has 0 heterocycles. The van der Waals surface area contributed by atoms with E-state index in [1.807, 2.05) is 0 Å². The van der Waals surface area contributed by atoms with Crippen molar-refractivity contribution in [3.63, 3.8) is 0 Å². The lowest BCUT2D eigenvalue weighted by Crippen LogP contribution is -2.37. The van der Waals surface area contributed by atoms with Crippen molar-refractivity contribution in [1.82, 2.24) is 10.6 Å². The highest BCUT2D eigenvalue weighted by molar-refractivity contribution is 7.80. The molecule has 0 aromatic heterocycles. The molecule has 0 rings (SSSR count). The molecule has 0 unspecified atom stereocenters. The molecule has 8 heteroatoms. The number of aliphatic carboxylic acids is 1. The number of carboxylic acids is 1. The zero-order chi connectivity index (χ0) is 17.2. The highest BCUT2D eigenvalue weighted by Gasteiger charge is 2.35. The number of thiol groups is 1. The summed E-state index contributed by atoms with van der Waals surface area (Å²) in [5, 5.41) is 24.0. The van der Waals surface area contributed by atoms with Crippen molar-refractivity contribution in [2.24, 2.45) is 5.41 Å². The summed E-state index contributed by atoms with van der Waals surface area (Å²) in [5.74, 6) is -0.875. The van der Waals surface area contributed by atoms with Crippen molar-refractivity contribution >= 4 is 30.4 Å². The van der Waals surface area contributed by atoms with E-state index < -0.39 is 17.5 Å². The molecule has 22 heavy (non-hydrogen) atoms. The third-order valence-electron chi connectivity index (χ3n) is 3.37. The number of carbonyl (C=O) groups excluding carboxylic acids is 2. The first-order valence-corrected chi connectivity index (χ1v) is 7.90. The Morgan fingerprint density at radius 2 is 1.64 bits per heavy atom. The van der Waals surface area contributed by atoms with Crippen LogP contribution in [0.5, 0.6) is 0 Å². The Hall–Kier alpha value is -1.28. The first-order valence-electron chi connectivity index (χ1n) is 7.27. The zero-order valence-corrected chi connectivity index (χ0v) is 14.0. The van der Waals surface area contributed by atoms with Gasteiger partial charge in [-0.3, -0.25) is 14.4 Å². The predicted octanol–water partition coefficient (Wildman–Crippen LogP) is 0.181. The maximum atomic E-state index is 11.6. The standard InChI is InChI=1S/C14H26N2O5S/c1-14(2,13(20)21)10(17)4-3-5-11(18)15-7-6-12(19)16-8-9-22/h10,17,22H,3-9H2,1-2H3,(H,15,18)(H,16,19)(H,20,21)/t10-/m1/s1. The lowest BCUT2D eigenvalue weighted by Gasteiger charge is -2.25. The summed E-state index contributed by atoms with van der Waals surface area (Å²) in [6.07, 6.45) is -0.00555. The van der Waals surface area contributed by atoms with Gasteiger partial charge in [-0.25, -0.2) is 0 Å². The fourth-order valence-corrected chi connectivity index (χ4v) is 1.76. The molecule has 0 spiro atoms. The number of nitrogens with one attached hydrogen (secondary N) is 2. The van der Waals surface area contributed by atoms with Gasteiger partial charge < -0.3 is 20.8 Å². The average molecular weight is 334 g/mol. The molecule has 0 aromatic carbocycles. The van der Waals surface area contributed by atoms with Crippen LogP contribution in [0.1, 0.15) is 39.5 Å². The van der Waals surface area contributed by atoms with Crippen molar-refractivity contribution in [2.75, 3.05) is 18.8 Å². The minimum absolute atomic E-state index is 0.145. The van der Waals surface area contributed by atoms with Gasteiger partial charge in [-0.15, -0.1) is 0 Å². The number of rotatable bonds is 11. The van der Waals surface area contributed by atoms with Crippen LogP contribution in [0.4, 0.5) is 0 Å². The Balaban J connectivity index is 3.83. The molecule has 0 saturated carbocycles. The molecule has 2 amide bonds. The quantitative estimate of drug-likeness (QED) is 0.346. The Labute approximate surface area is 136 Å². The van der Waals surface area contributed by atoms with Crippen LogP contribution in [0.15, 0.2) is 0 Å². The Morgan fingerprint density at radius 1 is 1.09 bits per heavy atom. The maximum Gasteiger partial charge on any atom is 0.311 e. The van der Waals surface area contributed by atoms with Gasteiger partial charge in [0.05, 0.1) is 11.5 Å². The van der Waals surface area contributed by atoms with Crippen molar-refractivity contribution < 1.29 is 24.6 Å². The van der Waals surface area contributed by atoms with E-state index in [9.17, 15) is 19.5 Å². The van der Waals surface area contributed by atoms with Crippen LogP contribution >= 0.6 is 12.6 Å². The van der Waals surface area contributed by atoms with Gasteiger partial charge in [-0.1, -0.05) is 0 Å². The summed E-state index contributed by atoms with van der Waals surface area (Å²) in [6, 6.07) is 0. The minimum atomic E-state index is -1.23. The molecular weight excluding hydrogens is 308 g/mol. The Bertz CT molecular complexity index is 387. The van der Waals surface area contributed by atoms with Gasteiger partial charge in [0.15, 0.2) is 0 Å². The number of aliphatic hydroxyl groups excluding tert-OH is 1. The van der Waals surface area contributed by atoms with Gasteiger partial charge in [-0.05, 0) is 26.7 Å². The van der Waals surface area contributed by atoms with Gasteiger partial charge in [0, 0.05) is 31.7 Å². The first-order chi connectivity index (χ1) is 10.2. The van der Waals surface area contributed by atoms with Crippen LogP contribution in [0.25, 0.3) is 0 Å². The summed E-state index contributed by atoms with van der Waals surface area (Å²) in [4.78, 5) is 33.8. The molecule has 0 aromatic rings. The van der Waals surface area contributed by atoms with Crippen molar-refractivity contribution in [3.05, 3.63) is 0 Å². The van der Waals surface area contributed by atoms with E-state index in [4.69, 9.17) is 5.11 Å².